The van der Waals surface area contributed by atoms with E-state index in [1.807, 2.05) is 42.5 Å². The first-order chi connectivity index (χ1) is 17.5. The Morgan fingerprint density at radius 3 is 2.39 bits per heavy atom. The van der Waals surface area contributed by atoms with Gasteiger partial charge in [-0.1, -0.05) is 55.4 Å². The summed E-state index contributed by atoms with van der Waals surface area (Å²) in [5.41, 5.74) is 2.30. The molecule has 4 rings (SSSR count). The monoisotopic (exact) mass is 506 g/mol. The van der Waals surface area contributed by atoms with Crippen molar-refractivity contribution in [1.29, 1.82) is 0 Å². The van der Waals surface area contributed by atoms with Crippen molar-refractivity contribution in [1.82, 2.24) is 4.57 Å². The van der Waals surface area contributed by atoms with Crippen LogP contribution in [0.5, 0.6) is 11.5 Å². The summed E-state index contributed by atoms with van der Waals surface area (Å²) in [6, 6.07) is 14.3. The first-order valence-electron chi connectivity index (χ1n) is 11.9. The highest BCUT2D eigenvalue weighted by atomic mass is 32.1. The second kappa shape index (κ2) is 11.4. The number of fused-ring (bicyclic) bond motifs is 1. The quantitative estimate of drug-likeness (QED) is 0.324. The second-order valence-corrected chi connectivity index (χ2v) is 9.48. The zero-order valence-corrected chi connectivity index (χ0v) is 21.8. The van der Waals surface area contributed by atoms with Crippen LogP contribution in [0.3, 0.4) is 0 Å². The number of rotatable bonds is 9. The molecule has 1 aliphatic heterocycles. The van der Waals surface area contributed by atoms with Gasteiger partial charge in [0.15, 0.2) is 4.80 Å². The molecule has 0 saturated heterocycles. The summed E-state index contributed by atoms with van der Waals surface area (Å²) < 4.78 is 18.2. The van der Waals surface area contributed by atoms with Gasteiger partial charge < -0.3 is 14.2 Å². The smallest absolute Gasteiger partial charge is 0.338 e. The lowest BCUT2D eigenvalue weighted by molar-refractivity contribution is -0.136. The summed E-state index contributed by atoms with van der Waals surface area (Å²) in [5, 5.41) is 0. The van der Waals surface area contributed by atoms with Crippen LogP contribution in [0.4, 0.5) is 0 Å². The number of ether oxygens (including phenoxy) is 3. The summed E-state index contributed by atoms with van der Waals surface area (Å²) in [7, 11) is 2.92. The summed E-state index contributed by atoms with van der Waals surface area (Å²) in [5.74, 6) is 0.979. The largest absolute Gasteiger partial charge is 0.497 e. The summed E-state index contributed by atoms with van der Waals surface area (Å²) >= 11 is 1.30. The lowest BCUT2D eigenvalue weighted by atomic mass is 9.96. The number of nitrogens with zero attached hydrogens (tertiary/aromatic N) is 2. The zero-order valence-electron chi connectivity index (χ0n) is 20.9. The fourth-order valence-corrected chi connectivity index (χ4v) is 5.19. The van der Waals surface area contributed by atoms with Gasteiger partial charge in [-0.25, -0.2) is 9.79 Å². The topological polar surface area (TPSA) is 79.1 Å². The number of carbonyl (C=O) groups excluding carboxylic acids is 1. The number of carbonyl (C=O) groups is 1. The van der Waals surface area contributed by atoms with E-state index in [2.05, 4.69) is 11.9 Å². The maximum absolute atomic E-state index is 13.6. The van der Waals surface area contributed by atoms with Crippen molar-refractivity contribution in [2.45, 2.75) is 39.2 Å². The molecule has 3 aromatic rings. The first kappa shape index (κ1) is 25.4. The van der Waals surface area contributed by atoms with Gasteiger partial charge in [-0.3, -0.25) is 9.36 Å². The molecule has 0 unspecified atom stereocenters. The van der Waals surface area contributed by atoms with Crippen molar-refractivity contribution >= 4 is 23.4 Å². The number of benzene rings is 2. The molecule has 1 aliphatic rings. The Morgan fingerprint density at radius 2 is 1.75 bits per heavy atom. The van der Waals surface area contributed by atoms with Gasteiger partial charge in [-0.2, -0.15) is 0 Å². The summed E-state index contributed by atoms with van der Waals surface area (Å²) in [6.07, 6.45) is 5.17. The van der Waals surface area contributed by atoms with Crippen molar-refractivity contribution < 1.29 is 19.0 Å². The molecule has 1 atom stereocenters. The van der Waals surface area contributed by atoms with E-state index >= 15 is 0 Å². The second-order valence-electron chi connectivity index (χ2n) is 8.47. The molecule has 1 aromatic heterocycles. The molecular formula is C28H30N2O5S. The lowest BCUT2D eigenvalue weighted by Gasteiger charge is -2.24. The molecule has 0 bridgehead atoms. The lowest BCUT2D eigenvalue weighted by Crippen LogP contribution is -2.39. The SMILES string of the molecule is CCCCCOc1ccc(/C=c2/sc3n(c2=O)[C@@H](c2ccc(OC)cc2)C(C(=O)OC)=C(C)N=3)cc1. The van der Waals surface area contributed by atoms with Crippen LogP contribution in [0.25, 0.3) is 6.08 Å². The van der Waals surface area contributed by atoms with Crippen molar-refractivity contribution in [3.63, 3.8) is 0 Å². The molecule has 2 aromatic carbocycles. The number of allylic oxidation sites excluding steroid dienone is 1. The molecule has 0 saturated carbocycles. The molecule has 0 N–H and O–H groups in total. The third-order valence-electron chi connectivity index (χ3n) is 6.05. The maximum Gasteiger partial charge on any atom is 0.338 e. The van der Waals surface area contributed by atoms with Gasteiger partial charge in [0.2, 0.25) is 0 Å². The van der Waals surface area contributed by atoms with E-state index in [4.69, 9.17) is 14.2 Å². The van der Waals surface area contributed by atoms with Crippen LogP contribution < -0.4 is 24.4 Å². The molecule has 2 heterocycles. The zero-order chi connectivity index (χ0) is 25.7. The Hall–Kier alpha value is -3.65. The molecule has 0 amide bonds. The van der Waals surface area contributed by atoms with Gasteiger partial charge >= 0.3 is 5.97 Å². The van der Waals surface area contributed by atoms with Crippen LogP contribution in [-0.4, -0.2) is 31.4 Å². The molecule has 0 aliphatic carbocycles. The molecule has 36 heavy (non-hydrogen) atoms. The van der Waals surface area contributed by atoms with Gasteiger partial charge in [0.1, 0.15) is 11.5 Å². The Morgan fingerprint density at radius 1 is 1.06 bits per heavy atom. The van der Waals surface area contributed by atoms with E-state index in [9.17, 15) is 9.59 Å². The van der Waals surface area contributed by atoms with Gasteiger partial charge in [-0.15, -0.1) is 0 Å². The fraction of sp³-hybridized carbons (Fsp3) is 0.321. The summed E-state index contributed by atoms with van der Waals surface area (Å²) in [4.78, 5) is 31.5. The molecule has 8 heteroatoms. The predicted octanol–water partition coefficient (Wildman–Crippen LogP) is 3.99. The standard InChI is InChI=1S/C28H30N2O5S/c1-5-6-7-16-35-22-12-8-19(9-13-22)17-23-26(31)30-25(20-10-14-21(33-3)15-11-20)24(27(32)34-4)18(2)29-28(30)36-23/h8-15,17,25H,5-7,16H2,1-4H3/b23-17+/t25-/m0/s1. The minimum atomic E-state index is -0.652. The number of hydrogen-bond donors (Lipinski definition) is 0. The van der Waals surface area contributed by atoms with Gasteiger partial charge in [0, 0.05) is 0 Å². The Balaban J connectivity index is 1.74. The van der Waals surface area contributed by atoms with Crippen molar-refractivity contribution in [3.8, 4) is 11.5 Å². The summed E-state index contributed by atoms with van der Waals surface area (Å²) in [6.45, 7) is 4.62. The van der Waals surface area contributed by atoms with Gasteiger partial charge in [0.25, 0.3) is 5.56 Å². The van der Waals surface area contributed by atoms with Crippen LogP contribution in [0.15, 0.2) is 69.6 Å². The molecule has 0 fully saturated rings. The van der Waals surface area contributed by atoms with E-state index < -0.39 is 12.0 Å². The maximum atomic E-state index is 13.6. The molecule has 0 radical (unpaired) electrons. The number of aromatic nitrogens is 1. The van der Waals surface area contributed by atoms with Crippen LogP contribution in [-0.2, 0) is 9.53 Å². The Labute approximate surface area is 214 Å². The van der Waals surface area contributed by atoms with Crippen molar-refractivity contribution in [2.75, 3.05) is 20.8 Å². The van der Waals surface area contributed by atoms with E-state index in [-0.39, 0.29) is 5.56 Å². The first-order valence-corrected chi connectivity index (χ1v) is 12.8. The predicted molar refractivity (Wildman–Crippen MR) is 140 cm³/mol. The molecule has 188 valence electrons. The third-order valence-corrected chi connectivity index (χ3v) is 7.04. The number of esters is 1. The van der Waals surface area contributed by atoms with Crippen LogP contribution >= 0.6 is 11.3 Å². The van der Waals surface area contributed by atoms with Gasteiger partial charge in [-0.05, 0) is 54.8 Å². The normalized spacial score (nSPS) is 15.3. The highest BCUT2D eigenvalue weighted by molar-refractivity contribution is 7.07. The van der Waals surface area contributed by atoms with Crippen LogP contribution in [0.2, 0.25) is 0 Å². The molecule has 7 nitrogen and oxygen atoms in total. The van der Waals surface area contributed by atoms with Crippen LogP contribution in [0.1, 0.15) is 50.3 Å². The van der Waals surface area contributed by atoms with Crippen LogP contribution in [0, 0.1) is 0 Å². The Bertz CT molecular complexity index is 1430. The average molecular weight is 507 g/mol. The number of hydrogen-bond acceptors (Lipinski definition) is 7. The van der Waals surface area contributed by atoms with E-state index in [0.29, 0.717) is 33.0 Å². The molecule has 0 spiro atoms. The minimum Gasteiger partial charge on any atom is -0.497 e. The van der Waals surface area contributed by atoms with E-state index in [0.717, 1.165) is 36.1 Å². The van der Waals surface area contributed by atoms with E-state index in [1.54, 1.807) is 30.7 Å². The van der Waals surface area contributed by atoms with E-state index in [1.165, 1.54) is 18.4 Å². The number of unbranched alkanes of at least 4 members (excludes halogenated alkanes) is 2. The molecular weight excluding hydrogens is 476 g/mol. The minimum absolute atomic E-state index is 0.214. The van der Waals surface area contributed by atoms with Crippen molar-refractivity contribution in [2.24, 2.45) is 4.99 Å². The number of methoxy groups -OCH3 is 2. The average Bonchev–Trinajstić information content (AvgIpc) is 3.20. The van der Waals surface area contributed by atoms with Gasteiger partial charge in [0.05, 0.1) is 42.7 Å². The number of thiazole rings is 1. The highest BCUT2D eigenvalue weighted by Crippen LogP contribution is 2.31. The van der Waals surface area contributed by atoms with Crippen molar-refractivity contribution in [3.05, 3.63) is 90.6 Å². The fourth-order valence-electron chi connectivity index (χ4n) is 4.15. The Kier molecular flexibility index (Phi) is 8.05. The highest BCUT2D eigenvalue weighted by Gasteiger charge is 2.33. The third kappa shape index (κ3) is 5.28.